The van der Waals surface area contributed by atoms with Crippen LogP contribution in [-0.4, -0.2) is 32.2 Å². The molecule has 0 aliphatic rings. The van der Waals surface area contributed by atoms with Gasteiger partial charge in [-0.05, 0) is 23.6 Å². The van der Waals surface area contributed by atoms with E-state index >= 15 is 0 Å². The molecule has 22 heavy (non-hydrogen) atoms. The molecule has 0 bridgehead atoms. The molecule has 1 N–H and O–H groups in total. The van der Waals surface area contributed by atoms with Gasteiger partial charge in [0.1, 0.15) is 0 Å². The summed E-state index contributed by atoms with van der Waals surface area (Å²) < 4.78 is 1.74. The first-order valence-corrected chi connectivity index (χ1v) is 7.46. The standard InChI is InChI=1S/C17H23N3O2/c1-13(2)9-20(11-15-8-18-19(3)10-15)17(22)16-6-4-14(12-21)5-7-16/h4-8,10,13,21H,9,11-12H2,1-3H3. The summed E-state index contributed by atoms with van der Waals surface area (Å²) in [5.74, 6) is 0.388. The number of hydrogen-bond donors (Lipinski definition) is 1. The van der Waals surface area contributed by atoms with E-state index in [0.717, 1.165) is 11.1 Å². The van der Waals surface area contributed by atoms with Crippen molar-refractivity contribution in [2.75, 3.05) is 6.54 Å². The van der Waals surface area contributed by atoms with Crippen molar-refractivity contribution in [2.24, 2.45) is 13.0 Å². The van der Waals surface area contributed by atoms with Gasteiger partial charge in [-0.15, -0.1) is 0 Å². The number of hydrogen-bond acceptors (Lipinski definition) is 3. The van der Waals surface area contributed by atoms with Crippen molar-refractivity contribution in [1.29, 1.82) is 0 Å². The Bertz CT molecular complexity index is 617. The lowest BCUT2D eigenvalue weighted by atomic mass is 10.1. The highest BCUT2D eigenvalue weighted by atomic mass is 16.3. The quantitative estimate of drug-likeness (QED) is 0.890. The average molecular weight is 301 g/mol. The Morgan fingerprint density at radius 2 is 1.95 bits per heavy atom. The molecule has 0 fully saturated rings. The number of aromatic nitrogens is 2. The number of carbonyl (C=O) groups excluding carboxylic acids is 1. The molecule has 5 heteroatoms. The van der Waals surface area contributed by atoms with Gasteiger partial charge in [0, 0.05) is 37.5 Å². The minimum absolute atomic E-state index is 0.00189. The Kier molecular flexibility index (Phi) is 5.33. The van der Waals surface area contributed by atoms with Gasteiger partial charge < -0.3 is 10.0 Å². The number of aliphatic hydroxyl groups excluding tert-OH is 1. The van der Waals surface area contributed by atoms with Crippen LogP contribution < -0.4 is 0 Å². The van der Waals surface area contributed by atoms with Gasteiger partial charge >= 0.3 is 0 Å². The summed E-state index contributed by atoms with van der Waals surface area (Å²) in [6.45, 7) is 5.42. The van der Waals surface area contributed by atoms with Crippen molar-refractivity contribution < 1.29 is 9.90 Å². The third-order valence-corrected chi connectivity index (χ3v) is 3.39. The van der Waals surface area contributed by atoms with E-state index in [4.69, 9.17) is 5.11 Å². The van der Waals surface area contributed by atoms with E-state index < -0.39 is 0 Å². The smallest absolute Gasteiger partial charge is 0.254 e. The summed E-state index contributed by atoms with van der Waals surface area (Å²) in [5, 5.41) is 13.2. The second kappa shape index (κ2) is 7.22. The first-order valence-electron chi connectivity index (χ1n) is 7.46. The predicted octanol–water partition coefficient (Wildman–Crippen LogP) is 2.21. The van der Waals surface area contributed by atoms with E-state index in [1.165, 1.54) is 0 Å². The van der Waals surface area contributed by atoms with E-state index in [9.17, 15) is 4.79 Å². The highest BCUT2D eigenvalue weighted by molar-refractivity contribution is 5.94. The van der Waals surface area contributed by atoms with Gasteiger partial charge in [-0.25, -0.2) is 0 Å². The lowest BCUT2D eigenvalue weighted by molar-refractivity contribution is 0.0722. The molecule has 2 rings (SSSR count). The van der Waals surface area contributed by atoms with Crippen LogP contribution in [0.3, 0.4) is 0 Å². The first-order chi connectivity index (χ1) is 10.5. The minimum Gasteiger partial charge on any atom is -0.392 e. The molecule has 0 spiro atoms. The molecule has 5 nitrogen and oxygen atoms in total. The molecule has 0 saturated carbocycles. The number of benzene rings is 1. The largest absolute Gasteiger partial charge is 0.392 e. The Hall–Kier alpha value is -2.14. The molecule has 0 unspecified atom stereocenters. The third-order valence-electron chi connectivity index (χ3n) is 3.39. The topological polar surface area (TPSA) is 58.4 Å². The highest BCUT2D eigenvalue weighted by Crippen LogP contribution is 2.13. The van der Waals surface area contributed by atoms with E-state index in [1.54, 1.807) is 35.1 Å². The van der Waals surface area contributed by atoms with Crippen LogP contribution in [0.15, 0.2) is 36.7 Å². The first kappa shape index (κ1) is 16.2. The van der Waals surface area contributed by atoms with E-state index in [1.807, 2.05) is 18.1 Å². The molecule has 0 aliphatic heterocycles. The van der Waals surface area contributed by atoms with Gasteiger partial charge in [0.2, 0.25) is 0 Å². The molecule has 0 radical (unpaired) electrons. The van der Waals surface area contributed by atoms with Gasteiger partial charge in [-0.2, -0.15) is 5.10 Å². The monoisotopic (exact) mass is 301 g/mol. The van der Waals surface area contributed by atoms with Crippen LogP contribution in [0.4, 0.5) is 0 Å². The number of aliphatic hydroxyl groups is 1. The van der Waals surface area contributed by atoms with Crippen LogP contribution in [0.1, 0.15) is 35.3 Å². The highest BCUT2D eigenvalue weighted by Gasteiger charge is 2.18. The zero-order valence-corrected chi connectivity index (χ0v) is 13.4. The maximum absolute atomic E-state index is 12.7. The second-order valence-electron chi connectivity index (χ2n) is 5.96. The van der Waals surface area contributed by atoms with Gasteiger partial charge in [-0.3, -0.25) is 9.48 Å². The van der Waals surface area contributed by atoms with E-state index in [0.29, 0.717) is 24.6 Å². The van der Waals surface area contributed by atoms with Gasteiger partial charge in [0.05, 0.1) is 12.8 Å². The SMILES string of the molecule is CC(C)CN(Cc1cnn(C)c1)C(=O)c1ccc(CO)cc1. The maximum atomic E-state index is 12.7. The number of rotatable bonds is 6. The lowest BCUT2D eigenvalue weighted by Crippen LogP contribution is -2.33. The third kappa shape index (κ3) is 4.18. The Labute approximate surface area is 131 Å². The molecular formula is C17H23N3O2. The molecule has 0 saturated heterocycles. The van der Waals surface area contributed by atoms with Crippen LogP contribution in [0, 0.1) is 5.92 Å². The van der Waals surface area contributed by atoms with Crippen molar-refractivity contribution in [2.45, 2.75) is 27.0 Å². The molecular weight excluding hydrogens is 278 g/mol. The number of nitrogens with zero attached hydrogens (tertiary/aromatic N) is 3. The predicted molar refractivity (Wildman–Crippen MR) is 85.2 cm³/mol. The van der Waals surface area contributed by atoms with Crippen LogP contribution in [0.25, 0.3) is 0 Å². The summed E-state index contributed by atoms with van der Waals surface area (Å²) >= 11 is 0. The maximum Gasteiger partial charge on any atom is 0.254 e. The minimum atomic E-state index is -0.0140. The fraction of sp³-hybridized carbons (Fsp3) is 0.412. The van der Waals surface area contributed by atoms with E-state index in [-0.39, 0.29) is 12.5 Å². The van der Waals surface area contributed by atoms with Crippen LogP contribution in [-0.2, 0) is 20.2 Å². The summed E-state index contributed by atoms with van der Waals surface area (Å²) in [7, 11) is 1.87. The van der Waals surface area contributed by atoms with Crippen LogP contribution in [0.5, 0.6) is 0 Å². The molecule has 0 atom stereocenters. The second-order valence-corrected chi connectivity index (χ2v) is 5.96. The van der Waals surface area contributed by atoms with Crippen molar-refractivity contribution in [3.63, 3.8) is 0 Å². The molecule has 1 aromatic heterocycles. The Morgan fingerprint density at radius 1 is 1.27 bits per heavy atom. The fourth-order valence-corrected chi connectivity index (χ4v) is 2.37. The molecule has 1 aromatic carbocycles. The van der Waals surface area contributed by atoms with Gasteiger partial charge in [0.15, 0.2) is 0 Å². The van der Waals surface area contributed by atoms with E-state index in [2.05, 4.69) is 18.9 Å². The summed E-state index contributed by atoms with van der Waals surface area (Å²) in [5.41, 5.74) is 2.46. The molecule has 1 amide bonds. The normalized spacial score (nSPS) is 11.0. The summed E-state index contributed by atoms with van der Waals surface area (Å²) in [6.07, 6.45) is 3.71. The zero-order valence-electron chi connectivity index (χ0n) is 13.4. The van der Waals surface area contributed by atoms with Crippen molar-refractivity contribution >= 4 is 5.91 Å². The Balaban J connectivity index is 2.17. The Morgan fingerprint density at radius 3 is 2.45 bits per heavy atom. The van der Waals surface area contributed by atoms with Gasteiger partial charge in [-0.1, -0.05) is 26.0 Å². The summed E-state index contributed by atoms with van der Waals surface area (Å²) in [4.78, 5) is 14.6. The number of amides is 1. The molecule has 0 aliphatic carbocycles. The van der Waals surface area contributed by atoms with Crippen molar-refractivity contribution in [3.8, 4) is 0 Å². The number of aryl methyl sites for hydroxylation is 1. The molecule has 118 valence electrons. The zero-order chi connectivity index (χ0) is 16.1. The van der Waals surface area contributed by atoms with Crippen LogP contribution in [0.2, 0.25) is 0 Å². The van der Waals surface area contributed by atoms with Crippen molar-refractivity contribution in [1.82, 2.24) is 14.7 Å². The number of carbonyl (C=O) groups is 1. The van der Waals surface area contributed by atoms with Crippen molar-refractivity contribution in [3.05, 3.63) is 53.3 Å². The molecule has 2 aromatic rings. The lowest BCUT2D eigenvalue weighted by Gasteiger charge is -2.24. The average Bonchev–Trinajstić information content (AvgIpc) is 2.90. The molecule has 1 heterocycles. The fourth-order valence-electron chi connectivity index (χ4n) is 2.37. The van der Waals surface area contributed by atoms with Gasteiger partial charge in [0.25, 0.3) is 5.91 Å². The summed E-state index contributed by atoms with van der Waals surface area (Å²) in [6, 6.07) is 7.10. The van der Waals surface area contributed by atoms with Crippen LogP contribution >= 0.6 is 0 Å².